The number of carbonyl (C=O) groups is 2. The van der Waals surface area contributed by atoms with Crippen LogP contribution >= 0.6 is 0 Å². The van der Waals surface area contributed by atoms with Crippen LogP contribution in [-0.2, 0) is 22.4 Å². The standard InChI is InChI=1S/C19H26N2O3/c1-21(2)19(23)17-10-9-16(24-17)12-20-18(22)15-8-7-13-5-3-4-6-14(13)11-15/h7-8,11,16-17H,3-6,9-10,12H2,1-2H3,(H,20,22)/t16-,17-/m1/s1. The van der Waals surface area contributed by atoms with E-state index in [0.29, 0.717) is 6.54 Å². The van der Waals surface area contributed by atoms with E-state index in [9.17, 15) is 9.59 Å². The highest BCUT2D eigenvalue weighted by atomic mass is 16.5. The Bertz CT molecular complexity index is 627. The van der Waals surface area contributed by atoms with E-state index < -0.39 is 0 Å². The Labute approximate surface area is 143 Å². The minimum atomic E-state index is -0.370. The monoisotopic (exact) mass is 330 g/mol. The first kappa shape index (κ1) is 17.0. The average molecular weight is 330 g/mol. The van der Waals surface area contributed by atoms with Crippen molar-refractivity contribution in [3.8, 4) is 0 Å². The van der Waals surface area contributed by atoms with E-state index in [2.05, 4.69) is 11.4 Å². The van der Waals surface area contributed by atoms with Crippen molar-refractivity contribution in [1.82, 2.24) is 10.2 Å². The van der Waals surface area contributed by atoms with Gasteiger partial charge in [0.2, 0.25) is 0 Å². The zero-order chi connectivity index (χ0) is 17.1. The molecule has 0 aromatic heterocycles. The first-order chi connectivity index (χ1) is 11.5. The molecule has 2 aliphatic rings. The van der Waals surface area contributed by atoms with Crippen LogP contribution in [0.25, 0.3) is 0 Å². The van der Waals surface area contributed by atoms with Crippen molar-refractivity contribution >= 4 is 11.8 Å². The Morgan fingerprint density at radius 2 is 1.92 bits per heavy atom. The molecule has 1 heterocycles. The Morgan fingerprint density at radius 3 is 2.67 bits per heavy atom. The largest absolute Gasteiger partial charge is 0.363 e. The zero-order valence-corrected chi connectivity index (χ0v) is 14.5. The Morgan fingerprint density at radius 1 is 1.17 bits per heavy atom. The molecule has 130 valence electrons. The predicted molar refractivity (Wildman–Crippen MR) is 92.0 cm³/mol. The molecule has 0 saturated carbocycles. The summed E-state index contributed by atoms with van der Waals surface area (Å²) in [4.78, 5) is 25.8. The van der Waals surface area contributed by atoms with Crippen LogP contribution in [0.2, 0.25) is 0 Å². The molecule has 1 saturated heterocycles. The van der Waals surface area contributed by atoms with Crippen molar-refractivity contribution in [2.45, 2.75) is 50.7 Å². The number of rotatable bonds is 4. The van der Waals surface area contributed by atoms with Gasteiger partial charge in [-0.05, 0) is 61.8 Å². The quantitative estimate of drug-likeness (QED) is 0.918. The van der Waals surface area contributed by atoms with Crippen LogP contribution in [0.3, 0.4) is 0 Å². The smallest absolute Gasteiger partial charge is 0.251 e. The van der Waals surface area contributed by atoms with E-state index in [1.54, 1.807) is 19.0 Å². The molecule has 2 amide bonds. The second-order valence-corrected chi connectivity index (χ2v) is 6.96. The third kappa shape index (κ3) is 3.78. The van der Waals surface area contributed by atoms with Gasteiger partial charge in [-0.15, -0.1) is 0 Å². The van der Waals surface area contributed by atoms with Crippen molar-refractivity contribution in [2.75, 3.05) is 20.6 Å². The van der Waals surface area contributed by atoms with Gasteiger partial charge in [0, 0.05) is 26.2 Å². The molecule has 0 bridgehead atoms. The molecule has 5 nitrogen and oxygen atoms in total. The topological polar surface area (TPSA) is 58.6 Å². The number of ether oxygens (including phenoxy) is 1. The van der Waals surface area contributed by atoms with Crippen molar-refractivity contribution < 1.29 is 14.3 Å². The third-order valence-electron chi connectivity index (χ3n) is 4.92. The number of carbonyl (C=O) groups excluding carboxylic acids is 2. The van der Waals surface area contributed by atoms with Crippen LogP contribution in [0.5, 0.6) is 0 Å². The molecule has 0 spiro atoms. The number of nitrogens with zero attached hydrogens (tertiary/aromatic N) is 1. The van der Waals surface area contributed by atoms with Crippen LogP contribution in [0.15, 0.2) is 18.2 Å². The summed E-state index contributed by atoms with van der Waals surface area (Å²) >= 11 is 0. The lowest BCUT2D eigenvalue weighted by atomic mass is 9.90. The van der Waals surface area contributed by atoms with Gasteiger partial charge in [-0.1, -0.05) is 6.07 Å². The van der Waals surface area contributed by atoms with Crippen molar-refractivity contribution in [3.05, 3.63) is 34.9 Å². The number of aryl methyl sites for hydroxylation is 2. The highest BCUT2D eigenvalue weighted by Crippen LogP contribution is 2.23. The zero-order valence-electron chi connectivity index (χ0n) is 14.5. The molecule has 1 aromatic rings. The average Bonchev–Trinajstić information content (AvgIpc) is 3.07. The van der Waals surface area contributed by atoms with Gasteiger partial charge in [-0.25, -0.2) is 0 Å². The van der Waals surface area contributed by atoms with Gasteiger partial charge in [0.15, 0.2) is 0 Å². The lowest BCUT2D eigenvalue weighted by Crippen LogP contribution is -2.36. The molecule has 3 rings (SSSR count). The minimum Gasteiger partial charge on any atom is -0.363 e. The fraction of sp³-hybridized carbons (Fsp3) is 0.579. The molecular formula is C19H26N2O3. The molecule has 1 aromatic carbocycles. The first-order valence-electron chi connectivity index (χ1n) is 8.81. The maximum Gasteiger partial charge on any atom is 0.251 e. The van der Waals surface area contributed by atoms with Crippen molar-refractivity contribution in [3.63, 3.8) is 0 Å². The highest BCUT2D eigenvalue weighted by molar-refractivity contribution is 5.94. The summed E-state index contributed by atoms with van der Waals surface area (Å²) in [7, 11) is 3.47. The molecule has 1 N–H and O–H groups in total. The summed E-state index contributed by atoms with van der Waals surface area (Å²) in [5.74, 6) is -0.0622. The third-order valence-corrected chi connectivity index (χ3v) is 4.92. The Balaban J connectivity index is 1.52. The lowest BCUT2D eigenvalue weighted by Gasteiger charge is -2.18. The van der Waals surface area contributed by atoms with Crippen molar-refractivity contribution in [2.24, 2.45) is 0 Å². The normalized spacial score (nSPS) is 22.8. The number of likely N-dealkylation sites (N-methyl/N-ethyl adjacent to an activating group) is 1. The van der Waals surface area contributed by atoms with Crippen LogP contribution in [0, 0.1) is 0 Å². The molecule has 5 heteroatoms. The van der Waals surface area contributed by atoms with E-state index in [1.807, 2.05) is 12.1 Å². The van der Waals surface area contributed by atoms with Crippen LogP contribution in [0.4, 0.5) is 0 Å². The maximum absolute atomic E-state index is 12.4. The first-order valence-corrected chi connectivity index (χ1v) is 8.81. The van der Waals surface area contributed by atoms with Gasteiger partial charge in [-0.2, -0.15) is 0 Å². The molecule has 1 fully saturated rings. The number of amides is 2. The summed E-state index contributed by atoms with van der Waals surface area (Å²) in [6.07, 6.45) is 5.70. The Kier molecular flexibility index (Phi) is 5.19. The fourth-order valence-electron chi connectivity index (χ4n) is 3.51. The summed E-state index contributed by atoms with van der Waals surface area (Å²) in [5.41, 5.74) is 3.40. The second kappa shape index (κ2) is 7.34. The van der Waals surface area contributed by atoms with Gasteiger partial charge < -0.3 is 15.0 Å². The van der Waals surface area contributed by atoms with Gasteiger partial charge in [0.25, 0.3) is 11.8 Å². The summed E-state index contributed by atoms with van der Waals surface area (Å²) in [6, 6.07) is 6.02. The van der Waals surface area contributed by atoms with Gasteiger partial charge in [0.1, 0.15) is 6.10 Å². The molecule has 1 aliphatic heterocycles. The van der Waals surface area contributed by atoms with Crippen molar-refractivity contribution in [1.29, 1.82) is 0 Å². The maximum atomic E-state index is 12.4. The highest BCUT2D eigenvalue weighted by Gasteiger charge is 2.31. The predicted octanol–water partition coefficient (Wildman–Crippen LogP) is 1.93. The summed E-state index contributed by atoms with van der Waals surface area (Å²) in [6.45, 7) is 0.452. The number of hydrogen-bond donors (Lipinski definition) is 1. The Hall–Kier alpha value is -1.88. The van der Waals surface area contributed by atoms with Crippen LogP contribution in [0.1, 0.15) is 47.2 Å². The molecule has 2 atom stereocenters. The van der Waals surface area contributed by atoms with Gasteiger partial charge in [0.05, 0.1) is 6.10 Å². The van der Waals surface area contributed by atoms with Gasteiger partial charge in [-0.3, -0.25) is 9.59 Å². The van der Waals surface area contributed by atoms with Gasteiger partial charge >= 0.3 is 0 Å². The summed E-state index contributed by atoms with van der Waals surface area (Å²) in [5, 5.41) is 2.95. The van der Waals surface area contributed by atoms with E-state index in [1.165, 1.54) is 24.0 Å². The van der Waals surface area contributed by atoms with Crippen LogP contribution in [-0.4, -0.2) is 49.6 Å². The minimum absolute atomic E-state index is 0.00138. The van der Waals surface area contributed by atoms with E-state index in [0.717, 1.165) is 31.2 Å². The number of nitrogens with one attached hydrogen (secondary N) is 1. The second-order valence-electron chi connectivity index (χ2n) is 6.96. The van der Waals surface area contributed by atoms with E-state index >= 15 is 0 Å². The SMILES string of the molecule is CN(C)C(=O)[C@H]1CC[C@H](CNC(=O)c2ccc3c(c2)CCCC3)O1. The number of hydrogen-bond acceptors (Lipinski definition) is 3. The molecule has 0 unspecified atom stereocenters. The van der Waals surface area contributed by atoms with E-state index in [-0.39, 0.29) is 24.0 Å². The molecular weight excluding hydrogens is 304 g/mol. The van der Waals surface area contributed by atoms with Crippen LogP contribution < -0.4 is 5.32 Å². The lowest BCUT2D eigenvalue weighted by molar-refractivity contribution is -0.140. The molecule has 0 radical (unpaired) electrons. The molecule has 24 heavy (non-hydrogen) atoms. The number of benzene rings is 1. The van der Waals surface area contributed by atoms with E-state index in [4.69, 9.17) is 4.74 Å². The molecule has 1 aliphatic carbocycles. The summed E-state index contributed by atoms with van der Waals surface area (Å²) < 4.78 is 5.76. The fourth-order valence-corrected chi connectivity index (χ4v) is 3.51. The number of fused-ring (bicyclic) bond motifs is 1.